The molecule has 106 valence electrons. The average Bonchev–Trinajstić information content (AvgIpc) is 2.38. The molecule has 19 heavy (non-hydrogen) atoms. The van der Waals surface area contributed by atoms with E-state index in [2.05, 4.69) is 17.4 Å². The van der Waals surface area contributed by atoms with Gasteiger partial charge in [-0.3, -0.25) is 0 Å². The van der Waals surface area contributed by atoms with Crippen LogP contribution in [0.1, 0.15) is 19.8 Å². The van der Waals surface area contributed by atoms with E-state index in [-0.39, 0.29) is 0 Å². The van der Waals surface area contributed by atoms with Crippen LogP contribution in [-0.2, 0) is 9.47 Å². The van der Waals surface area contributed by atoms with Gasteiger partial charge < -0.3 is 19.5 Å². The zero-order valence-corrected chi connectivity index (χ0v) is 11.7. The number of nitrogens with one attached hydrogen (secondary N) is 1. The lowest BCUT2D eigenvalue weighted by Gasteiger charge is -2.36. The minimum atomic E-state index is 0.444. The summed E-state index contributed by atoms with van der Waals surface area (Å²) in [7, 11) is 1.67. The summed E-state index contributed by atoms with van der Waals surface area (Å²) in [6.45, 7) is 4.05. The first-order chi connectivity index (χ1) is 9.31. The lowest BCUT2D eigenvalue weighted by Crippen LogP contribution is -2.40. The van der Waals surface area contributed by atoms with E-state index < -0.39 is 0 Å². The summed E-state index contributed by atoms with van der Waals surface area (Å²) in [6, 6.07) is 8.61. The van der Waals surface area contributed by atoms with Gasteiger partial charge in [0.15, 0.2) is 0 Å². The number of rotatable bonds is 8. The van der Waals surface area contributed by atoms with Crippen molar-refractivity contribution in [1.82, 2.24) is 0 Å². The van der Waals surface area contributed by atoms with Gasteiger partial charge in [-0.2, -0.15) is 0 Å². The van der Waals surface area contributed by atoms with Crippen molar-refractivity contribution < 1.29 is 14.2 Å². The van der Waals surface area contributed by atoms with Crippen molar-refractivity contribution in [1.29, 1.82) is 0 Å². The molecule has 2 rings (SSSR count). The molecule has 4 heteroatoms. The standard InChI is InChI=1S/C15H23NO3/c1-3-18-15-10-13(11-15)16-12-4-6-14(7-5-12)19-9-8-17-2/h4-7,13,15-16H,3,8-11H2,1-2H3. The molecule has 4 nitrogen and oxygen atoms in total. The Bertz CT molecular complexity index is 360. The molecule has 1 aromatic rings. The Morgan fingerprint density at radius 3 is 2.53 bits per heavy atom. The highest BCUT2D eigenvalue weighted by atomic mass is 16.5. The first-order valence-corrected chi connectivity index (χ1v) is 6.91. The van der Waals surface area contributed by atoms with E-state index >= 15 is 0 Å². The zero-order valence-electron chi connectivity index (χ0n) is 11.7. The van der Waals surface area contributed by atoms with E-state index in [9.17, 15) is 0 Å². The molecular formula is C15H23NO3. The molecule has 0 bridgehead atoms. The number of hydrogen-bond acceptors (Lipinski definition) is 4. The van der Waals surface area contributed by atoms with Crippen molar-refractivity contribution in [2.75, 3.05) is 32.2 Å². The number of hydrogen-bond donors (Lipinski definition) is 1. The summed E-state index contributed by atoms with van der Waals surface area (Å²) in [5.74, 6) is 0.878. The SMILES string of the molecule is CCOC1CC(Nc2ccc(OCCOC)cc2)C1. The molecule has 1 aliphatic carbocycles. The van der Waals surface area contributed by atoms with E-state index in [1.807, 2.05) is 19.1 Å². The van der Waals surface area contributed by atoms with Crippen LogP contribution in [-0.4, -0.2) is 39.1 Å². The minimum absolute atomic E-state index is 0.444. The third-order valence-electron chi connectivity index (χ3n) is 3.28. The van der Waals surface area contributed by atoms with Crippen molar-refractivity contribution in [2.24, 2.45) is 0 Å². The van der Waals surface area contributed by atoms with Crippen molar-refractivity contribution >= 4 is 5.69 Å². The maximum absolute atomic E-state index is 5.55. The Labute approximate surface area is 115 Å². The molecule has 1 saturated carbocycles. The maximum Gasteiger partial charge on any atom is 0.119 e. The van der Waals surface area contributed by atoms with Crippen molar-refractivity contribution in [3.63, 3.8) is 0 Å². The fourth-order valence-electron chi connectivity index (χ4n) is 2.18. The molecule has 1 N–H and O–H groups in total. The zero-order chi connectivity index (χ0) is 13.5. The topological polar surface area (TPSA) is 39.7 Å². The fourth-order valence-corrected chi connectivity index (χ4v) is 2.18. The summed E-state index contributed by atoms with van der Waals surface area (Å²) >= 11 is 0. The van der Waals surface area contributed by atoms with Crippen LogP contribution in [0.25, 0.3) is 0 Å². The van der Waals surface area contributed by atoms with Crippen LogP contribution in [0, 0.1) is 0 Å². The van der Waals surface area contributed by atoms with Crippen LogP contribution in [0.2, 0.25) is 0 Å². The van der Waals surface area contributed by atoms with Gasteiger partial charge in [0.1, 0.15) is 12.4 Å². The molecule has 1 aromatic carbocycles. The second-order valence-corrected chi connectivity index (χ2v) is 4.76. The molecule has 0 spiro atoms. The molecule has 0 amide bonds. The first-order valence-electron chi connectivity index (χ1n) is 6.91. The van der Waals surface area contributed by atoms with Crippen LogP contribution in [0.4, 0.5) is 5.69 Å². The Balaban J connectivity index is 1.70. The highest BCUT2D eigenvalue weighted by molar-refractivity contribution is 5.47. The Kier molecular flexibility index (Phi) is 5.48. The van der Waals surface area contributed by atoms with Gasteiger partial charge in [-0.15, -0.1) is 0 Å². The van der Waals surface area contributed by atoms with E-state index in [1.54, 1.807) is 7.11 Å². The van der Waals surface area contributed by atoms with Gasteiger partial charge >= 0.3 is 0 Å². The Morgan fingerprint density at radius 2 is 1.89 bits per heavy atom. The van der Waals surface area contributed by atoms with E-state index in [1.165, 1.54) is 0 Å². The third kappa shape index (κ3) is 4.40. The van der Waals surface area contributed by atoms with Crippen molar-refractivity contribution in [3.05, 3.63) is 24.3 Å². The van der Waals surface area contributed by atoms with Crippen LogP contribution in [0.3, 0.4) is 0 Å². The lowest BCUT2D eigenvalue weighted by molar-refractivity contribution is 0.00299. The van der Waals surface area contributed by atoms with Crippen LogP contribution in [0.15, 0.2) is 24.3 Å². The summed E-state index contributed by atoms with van der Waals surface area (Å²) < 4.78 is 16.0. The maximum atomic E-state index is 5.55. The lowest BCUT2D eigenvalue weighted by atomic mass is 9.89. The van der Waals surface area contributed by atoms with Gasteiger partial charge in [0, 0.05) is 25.4 Å². The quantitative estimate of drug-likeness (QED) is 0.734. The number of ether oxygens (including phenoxy) is 3. The van der Waals surface area contributed by atoms with Gasteiger partial charge in [-0.25, -0.2) is 0 Å². The Morgan fingerprint density at radius 1 is 1.16 bits per heavy atom. The third-order valence-corrected chi connectivity index (χ3v) is 3.28. The molecule has 0 aromatic heterocycles. The summed E-state index contributed by atoms with van der Waals surface area (Å²) in [4.78, 5) is 0. The molecule has 0 heterocycles. The highest BCUT2D eigenvalue weighted by Gasteiger charge is 2.29. The molecule has 0 aliphatic heterocycles. The van der Waals surface area contributed by atoms with Gasteiger partial charge in [0.05, 0.1) is 12.7 Å². The Hall–Kier alpha value is -1.26. The number of methoxy groups -OCH3 is 1. The summed E-state index contributed by atoms with van der Waals surface area (Å²) in [6.07, 6.45) is 2.64. The van der Waals surface area contributed by atoms with Gasteiger partial charge in [0.25, 0.3) is 0 Å². The van der Waals surface area contributed by atoms with E-state index in [0.29, 0.717) is 25.4 Å². The fraction of sp³-hybridized carbons (Fsp3) is 0.600. The van der Waals surface area contributed by atoms with Gasteiger partial charge in [0.2, 0.25) is 0 Å². The molecule has 1 aliphatic rings. The highest BCUT2D eigenvalue weighted by Crippen LogP contribution is 2.27. The average molecular weight is 265 g/mol. The second kappa shape index (κ2) is 7.36. The summed E-state index contributed by atoms with van der Waals surface area (Å²) in [5, 5.41) is 3.50. The monoisotopic (exact) mass is 265 g/mol. The largest absolute Gasteiger partial charge is 0.491 e. The number of anilines is 1. The minimum Gasteiger partial charge on any atom is -0.491 e. The molecule has 0 unspecified atom stereocenters. The van der Waals surface area contributed by atoms with E-state index in [0.717, 1.165) is 30.9 Å². The number of benzene rings is 1. The molecule has 0 atom stereocenters. The predicted octanol–water partition coefficient (Wildman–Crippen LogP) is 2.69. The van der Waals surface area contributed by atoms with Gasteiger partial charge in [-0.1, -0.05) is 0 Å². The van der Waals surface area contributed by atoms with Crippen LogP contribution >= 0.6 is 0 Å². The molecule has 0 radical (unpaired) electrons. The first kappa shape index (κ1) is 14.2. The van der Waals surface area contributed by atoms with Crippen LogP contribution in [0.5, 0.6) is 5.75 Å². The molecule has 1 fully saturated rings. The van der Waals surface area contributed by atoms with Gasteiger partial charge in [-0.05, 0) is 44.0 Å². The second-order valence-electron chi connectivity index (χ2n) is 4.76. The van der Waals surface area contributed by atoms with E-state index in [4.69, 9.17) is 14.2 Å². The normalized spacial score (nSPS) is 21.8. The predicted molar refractivity (Wildman–Crippen MR) is 75.9 cm³/mol. The van der Waals surface area contributed by atoms with Crippen LogP contribution < -0.4 is 10.1 Å². The summed E-state index contributed by atoms with van der Waals surface area (Å²) in [5.41, 5.74) is 1.14. The van der Waals surface area contributed by atoms with Crippen molar-refractivity contribution in [3.8, 4) is 5.75 Å². The molecule has 0 saturated heterocycles. The smallest absolute Gasteiger partial charge is 0.119 e. The van der Waals surface area contributed by atoms with Crippen molar-refractivity contribution in [2.45, 2.75) is 31.9 Å². The molecular weight excluding hydrogens is 242 g/mol.